The number of anilines is 4. The fourth-order valence-corrected chi connectivity index (χ4v) is 14.1. The van der Waals surface area contributed by atoms with Crippen LogP contribution in [0.5, 0.6) is 0 Å². The number of nitrogens with two attached hydrogens (primary N) is 2. The number of carboxylic acids is 1. The summed E-state index contributed by atoms with van der Waals surface area (Å²) in [4.78, 5) is 79.9. The number of amides is 4. The molecule has 543 valence electrons. The van der Waals surface area contributed by atoms with Gasteiger partial charge in [0.2, 0.25) is 23.6 Å². The van der Waals surface area contributed by atoms with E-state index < -0.39 is 5.97 Å². The van der Waals surface area contributed by atoms with Gasteiger partial charge in [-0.15, -0.1) is 12.1 Å². The molecule has 22 heteroatoms. The molecule has 4 heterocycles. The van der Waals surface area contributed by atoms with Crippen molar-refractivity contribution >= 4 is 58.3 Å². The third-order valence-electron chi connectivity index (χ3n) is 18.7. The van der Waals surface area contributed by atoms with Gasteiger partial charge in [0.1, 0.15) is 0 Å². The standard InChI is InChI=1S/C21H27N3O.C20H24N3O.C20H22N2O3.C19H19N2O3.2CH4.W.3Y/c1-14-11-20(22)19-12-18(9-10-21(19)24(14)15(2)25)17-7-5-16(6-8-17)13-23(3)4;1-13-10-19(21)18-11-17(8-9-20(18)23(13)14(2)24)16-6-4-15(5-7-16)12-22-3;1-12-10-18(21)17-11-16(8-9-19(17)22(12)13(2)23)14-4-6-15(7-5-14)20(24)25-3;1-11-9-17(20)16-10-15(7-8-18(16)21(11)12(2)22)13-3-5-14(6-4-13)19(23)24;;;;;;/h5-10,12,14,20H,11,13,22H2,1-4H3;4-9,11,13,19,21-22H,10,12H2,1-3H3;4-9,11-12,18H,10,21H2,1-3H3;3-8,10-11,17,20H,9H2,1-2H3,(H,23,24);2*1H4;;;;/q;-1;;-1;;;;;;/t14-,20+;13-,19+;12-,18+;11-,17+;;;;;;/m0000....../s1. The molecule has 8 aromatic rings. The first kappa shape index (κ1) is 92.5. The maximum atomic E-state index is 12.0. The molecular weight excluding hydrogens is 1700 g/mol. The SMILES string of the molecule is C.C.CC(=O)N1c2ccc(-c3ccc(C(=O)O)cc3)cc2[C@H]([NH-])C[C@@H]1C.CC(=O)N1c2ccc(-c3ccc(CN(C)C)cc3)cc2[C@H](N)C[C@@H]1C.CNCc1ccc(-c2ccc3c(c2)[C@H]([NH-])C[C@H](C)N3C(C)=O)cc1.COC(=O)c1ccc(-c2ccc3c(c2)[C@H](N)C[C@H](C)N3C(C)=O)cc1.[W].[Y].[Y].[Y]. The van der Waals surface area contributed by atoms with E-state index in [1.165, 1.54) is 23.8 Å². The summed E-state index contributed by atoms with van der Waals surface area (Å²) in [5.74, 6) is -1.19. The van der Waals surface area contributed by atoms with Crippen LogP contribution in [0.15, 0.2) is 170 Å². The second-order valence-corrected chi connectivity index (χ2v) is 26.4. The van der Waals surface area contributed by atoms with E-state index in [1.807, 2.05) is 109 Å². The van der Waals surface area contributed by atoms with E-state index in [0.717, 1.165) is 110 Å². The minimum absolute atomic E-state index is 0. The number of esters is 1. The number of benzene rings is 8. The van der Waals surface area contributed by atoms with Crippen molar-refractivity contribution in [1.29, 1.82) is 0 Å². The predicted molar refractivity (Wildman–Crippen MR) is 406 cm³/mol. The molecule has 4 amide bonds. The maximum absolute atomic E-state index is 12.0. The number of aromatic carboxylic acids is 1. The number of rotatable bonds is 10. The first-order chi connectivity index (χ1) is 46.7. The molecule has 8 aromatic carbocycles. The molecule has 0 aliphatic carbocycles. The van der Waals surface area contributed by atoms with Crippen LogP contribution in [-0.2, 0) is 156 Å². The molecule has 0 fully saturated rings. The predicted octanol–water partition coefficient (Wildman–Crippen LogP) is 16.7. The molecule has 3 radical (unpaired) electrons. The van der Waals surface area contributed by atoms with Gasteiger partial charge in [0.05, 0.1) is 18.2 Å². The van der Waals surface area contributed by atoms with Gasteiger partial charge < -0.3 is 62.6 Å². The number of nitrogens with one attached hydrogen (secondary N) is 3. The minimum atomic E-state index is -0.954. The molecule has 0 bridgehead atoms. The van der Waals surface area contributed by atoms with Crippen LogP contribution in [0.2, 0.25) is 0 Å². The Kier molecular flexibility index (Phi) is 37.0. The molecule has 8 N–H and O–H groups in total. The van der Waals surface area contributed by atoms with Gasteiger partial charge in [-0.25, -0.2) is 9.59 Å². The van der Waals surface area contributed by atoms with Crippen LogP contribution < -0.4 is 36.4 Å². The zero-order valence-electron chi connectivity index (χ0n) is 60.4. The van der Waals surface area contributed by atoms with Crippen molar-refractivity contribution in [1.82, 2.24) is 10.2 Å². The molecule has 0 saturated carbocycles. The summed E-state index contributed by atoms with van der Waals surface area (Å²) in [5.41, 5.74) is 48.4. The van der Waals surface area contributed by atoms with Gasteiger partial charge in [-0.1, -0.05) is 124 Å². The van der Waals surface area contributed by atoms with Gasteiger partial charge in [-0.2, -0.15) is 0 Å². The second kappa shape index (κ2) is 41.6. The molecule has 0 aromatic heterocycles. The Bertz CT molecular complexity index is 4230. The zero-order valence-corrected chi connectivity index (χ0v) is 71.8. The molecule has 0 spiro atoms. The largest absolute Gasteiger partial charge is 0.671 e. The average molecular weight is 1800 g/mol. The summed E-state index contributed by atoms with van der Waals surface area (Å²) < 4.78 is 4.72. The number of carboxylic acid groups (broad SMARTS) is 1. The molecule has 4 aliphatic rings. The fraction of sp³-hybridized carbons (Fsp3) is 0.341. The number of ether oxygens (including phenoxy) is 1. The van der Waals surface area contributed by atoms with Crippen LogP contribution in [0.4, 0.5) is 22.7 Å². The first-order valence-electron chi connectivity index (χ1n) is 33.4. The molecule has 0 unspecified atom stereocenters. The Labute approximate surface area is 705 Å². The van der Waals surface area contributed by atoms with E-state index in [-0.39, 0.29) is 218 Å². The Balaban J connectivity index is 0.000000353. The quantitative estimate of drug-likeness (QED) is 0.0932. The van der Waals surface area contributed by atoms with Crippen LogP contribution in [-0.4, -0.2) is 98.0 Å². The molecular formula is C82H100N10O8WY3-2. The van der Waals surface area contributed by atoms with E-state index in [1.54, 1.807) is 69.0 Å². The number of nitrogens with zero attached hydrogens (tertiary/aromatic N) is 5. The summed E-state index contributed by atoms with van der Waals surface area (Å²) in [6.07, 6.45) is 2.81. The minimum Gasteiger partial charge on any atom is -0.671 e. The molecule has 104 heavy (non-hydrogen) atoms. The van der Waals surface area contributed by atoms with E-state index in [2.05, 4.69) is 98.0 Å². The van der Waals surface area contributed by atoms with Gasteiger partial charge >= 0.3 is 11.9 Å². The first-order valence-corrected chi connectivity index (χ1v) is 33.4. The van der Waals surface area contributed by atoms with Crippen LogP contribution in [0.1, 0.15) is 174 Å². The zero-order chi connectivity index (χ0) is 71.0. The van der Waals surface area contributed by atoms with Crippen LogP contribution in [0, 0.1) is 0 Å². The van der Waals surface area contributed by atoms with E-state index in [4.69, 9.17) is 32.8 Å². The van der Waals surface area contributed by atoms with Crippen molar-refractivity contribution in [3.05, 3.63) is 226 Å². The van der Waals surface area contributed by atoms with Crippen LogP contribution in [0.25, 0.3) is 56.0 Å². The second-order valence-electron chi connectivity index (χ2n) is 26.4. The fourth-order valence-electron chi connectivity index (χ4n) is 14.1. The summed E-state index contributed by atoms with van der Waals surface area (Å²) in [5, 5.41) is 12.1. The average Bonchev–Trinajstić information content (AvgIpc) is 0.793. The van der Waals surface area contributed by atoms with E-state index in [9.17, 15) is 28.8 Å². The van der Waals surface area contributed by atoms with Gasteiger partial charge in [-0.3, -0.25) is 19.2 Å². The van der Waals surface area contributed by atoms with Crippen molar-refractivity contribution in [2.45, 2.75) is 157 Å². The normalized spacial score (nSPS) is 18.5. The Morgan fingerprint density at radius 2 is 0.721 bits per heavy atom. The molecule has 12 rings (SSSR count). The Hall–Kier alpha value is -5.66. The number of fused-ring (bicyclic) bond motifs is 4. The van der Waals surface area contributed by atoms with Gasteiger partial charge in [0.25, 0.3) is 0 Å². The van der Waals surface area contributed by atoms with Crippen molar-refractivity contribution in [3.63, 3.8) is 0 Å². The molecule has 18 nitrogen and oxygen atoms in total. The number of carbonyl (C=O) groups is 6. The third kappa shape index (κ3) is 22.0. The van der Waals surface area contributed by atoms with Gasteiger partial charge in [-0.05, 0) is 213 Å². The van der Waals surface area contributed by atoms with Crippen LogP contribution in [0.3, 0.4) is 0 Å². The van der Waals surface area contributed by atoms with E-state index in [0.29, 0.717) is 18.4 Å². The molecule has 4 aliphatic heterocycles. The van der Waals surface area contributed by atoms with Gasteiger partial charge in [0.15, 0.2) is 0 Å². The van der Waals surface area contributed by atoms with Crippen molar-refractivity contribution < 1.29 is 158 Å². The Morgan fingerprint density at radius 3 is 1.01 bits per heavy atom. The van der Waals surface area contributed by atoms with Crippen LogP contribution >= 0.6 is 0 Å². The molecule has 0 saturated heterocycles. The monoisotopic (exact) mass is 1800 g/mol. The Morgan fingerprint density at radius 1 is 0.452 bits per heavy atom. The summed E-state index contributed by atoms with van der Waals surface area (Å²) in [7, 11) is 7.44. The topological polar surface area (TPSA) is 260 Å². The third-order valence-corrected chi connectivity index (χ3v) is 18.7. The summed E-state index contributed by atoms with van der Waals surface area (Å²) in [6, 6.07) is 54.6. The maximum Gasteiger partial charge on any atom is 0.337 e. The van der Waals surface area contributed by atoms with Crippen molar-refractivity contribution in [2.24, 2.45) is 11.5 Å². The number of hydrogen-bond donors (Lipinski definition) is 4. The smallest absolute Gasteiger partial charge is 0.337 e. The number of carbonyl (C=O) groups excluding carboxylic acids is 5. The molecule has 8 atom stereocenters. The van der Waals surface area contributed by atoms with Crippen molar-refractivity contribution in [3.8, 4) is 44.5 Å². The van der Waals surface area contributed by atoms with E-state index >= 15 is 0 Å². The number of hydrogen-bond acceptors (Lipinski definition) is 11. The summed E-state index contributed by atoms with van der Waals surface area (Å²) >= 11 is 0. The number of methoxy groups -OCH3 is 1. The van der Waals surface area contributed by atoms with Gasteiger partial charge in [0, 0.05) is 219 Å². The summed E-state index contributed by atoms with van der Waals surface area (Å²) in [6.45, 7) is 16.2. The van der Waals surface area contributed by atoms with Crippen molar-refractivity contribution in [2.75, 3.05) is 47.9 Å².